The van der Waals surface area contributed by atoms with Crippen LogP contribution in [0.5, 0.6) is 0 Å². The van der Waals surface area contributed by atoms with Crippen LogP contribution in [0.15, 0.2) is 53.2 Å². The van der Waals surface area contributed by atoms with Crippen LogP contribution < -0.4 is 5.32 Å². The molecule has 0 aliphatic carbocycles. The van der Waals surface area contributed by atoms with Crippen molar-refractivity contribution in [1.29, 1.82) is 0 Å². The molecule has 0 radical (unpaired) electrons. The van der Waals surface area contributed by atoms with E-state index in [2.05, 4.69) is 10.4 Å². The summed E-state index contributed by atoms with van der Waals surface area (Å²) in [5.41, 5.74) is 1.18. The molecule has 0 saturated carbocycles. The van der Waals surface area contributed by atoms with Gasteiger partial charge in [-0.05, 0) is 29.8 Å². The number of benzene rings is 1. The molecule has 1 amide bonds. The molecule has 0 bridgehead atoms. The van der Waals surface area contributed by atoms with E-state index in [4.69, 9.17) is 27.6 Å². The van der Waals surface area contributed by atoms with Crippen molar-refractivity contribution in [1.82, 2.24) is 9.78 Å². The van der Waals surface area contributed by atoms with Crippen LogP contribution in [0.25, 0.3) is 6.08 Å². The predicted octanol–water partition coefficient (Wildman–Crippen LogP) is 4.69. The number of hydrogen-bond acceptors (Lipinski definition) is 4. The highest BCUT2D eigenvalue weighted by atomic mass is 35.5. The van der Waals surface area contributed by atoms with Gasteiger partial charge in [-0.15, -0.1) is 0 Å². The molecule has 2 aromatic heterocycles. The molecule has 0 saturated heterocycles. The van der Waals surface area contributed by atoms with E-state index in [1.54, 1.807) is 47.3 Å². The second-order valence-electron chi connectivity index (χ2n) is 5.71. The molecule has 3 rings (SSSR count). The lowest BCUT2D eigenvalue weighted by molar-refractivity contribution is -0.111. The van der Waals surface area contributed by atoms with Crippen molar-refractivity contribution in [2.75, 3.05) is 5.32 Å². The van der Waals surface area contributed by atoms with Crippen LogP contribution in [0.3, 0.4) is 0 Å². The molecule has 8 heteroatoms. The van der Waals surface area contributed by atoms with Gasteiger partial charge >= 0.3 is 0 Å². The number of carbonyl (C=O) groups excluding carboxylic acids is 2. The Morgan fingerprint density at radius 2 is 2.07 bits per heavy atom. The van der Waals surface area contributed by atoms with Crippen molar-refractivity contribution >= 4 is 46.7 Å². The summed E-state index contributed by atoms with van der Waals surface area (Å²) in [6.07, 6.45) is 6.13. The molecule has 0 atom stereocenters. The first-order valence-electron chi connectivity index (χ1n) is 7.97. The zero-order chi connectivity index (χ0) is 19.4. The maximum Gasteiger partial charge on any atom is 0.248 e. The Morgan fingerprint density at radius 1 is 1.26 bits per heavy atom. The van der Waals surface area contributed by atoms with E-state index in [1.807, 2.05) is 0 Å². The molecule has 27 heavy (non-hydrogen) atoms. The summed E-state index contributed by atoms with van der Waals surface area (Å²) >= 11 is 12.0. The molecule has 0 spiro atoms. The third-order valence-corrected chi connectivity index (χ3v) is 4.46. The van der Waals surface area contributed by atoms with E-state index in [9.17, 15) is 9.59 Å². The van der Waals surface area contributed by atoms with Crippen molar-refractivity contribution in [2.45, 2.75) is 13.5 Å². The standard InChI is InChI=1S/C19H15Cl2N3O3/c1-12(25)17-7-6-15(27-17)11-24-10-14(9-22-24)23-18(26)8-5-13-3-2-4-16(20)19(13)21/h2-10H,11H2,1H3,(H,23,26)/b8-5+. The Morgan fingerprint density at radius 3 is 2.81 bits per heavy atom. The lowest BCUT2D eigenvalue weighted by Gasteiger charge is -2.00. The molecule has 0 fully saturated rings. The monoisotopic (exact) mass is 403 g/mol. The van der Waals surface area contributed by atoms with E-state index < -0.39 is 0 Å². The van der Waals surface area contributed by atoms with E-state index in [-0.39, 0.29) is 11.7 Å². The zero-order valence-electron chi connectivity index (χ0n) is 14.3. The number of halogens is 2. The SMILES string of the molecule is CC(=O)c1ccc(Cn2cc(NC(=O)/C=C/c3cccc(Cl)c3Cl)cn2)o1. The van der Waals surface area contributed by atoms with E-state index in [0.717, 1.165) is 0 Å². The van der Waals surface area contributed by atoms with Gasteiger partial charge in [-0.2, -0.15) is 5.10 Å². The van der Waals surface area contributed by atoms with Gasteiger partial charge in [0.1, 0.15) is 5.76 Å². The summed E-state index contributed by atoms with van der Waals surface area (Å²) in [4.78, 5) is 23.3. The number of ketones is 1. The molecule has 0 unspecified atom stereocenters. The number of amides is 1. The van der Waals surface area contributed by atoms with Gasteiger partial charge < -0.3 is 9.73 Å². The molecule has 1 aromatic carbocycles. The van der Waals surface area contributed by atoms with E-state index >= 15 is 0 Å². The molecule has 138 valence electrons. The maximum atomic E-state index is 12.1. The smallest absolute Gasteiger partial charge is 0.248 e. The molecular formula is C19H15Cl2N3O3. The number of furan rings is 1. The number of anilines is 1. The van der Waals surface area contributed by atoms with Gasteiger partial charge in [-0.3, -0.25) is 14.3 Å². The van der Waals surface area contributed by atoms with Crippen LogP contribution in [0.4, 0.5) is 5.69 Å². The second kappa shape index (κ2) is 8.24. The quantitative estimate of drug-likeness (QED) is 0.478. The highest BCUT2D eigenvalue weighted by Gasteiger charge is 2.08. The lowest BCUT2D eigenvalue weighted by Crippen LogP contribution is -2.07. The molecule has 6 nitrogen and oxygen atoms in total. The van der Waals surface area contributed by atoms with Crippen LogP contribution in [0, 0.1) is 0 Å². The summed E-state index contributed by atoms with van der Waals surface area (Å²) in [6, 6.07) is 8.52. The lowest BCUT2D eigenvalue weighted by atomic mass is 10.2. The van der Waals surface area contributed by atoms with Crippen molar-refractivity contribution in [3.8, 4) is 0 Å². The normalized spacial score (nSPS) is 11.1. The molecule has 0 aliphatic heterocycles. The Labute approximate surface area is 165 Å². The van der Waals surface area contributed by atoms with Gasteiger partial charge in [0.05, 0.1) is 28.5 Å². The van der Waals surface area contributed by atoms with Gasteiger partial charge in [0.15, 0.2) is 11.5 Å². The number of Topliss-reactive ketones (excluding diaryl/α,β-unsaturated/α-hetero) is 1. The fraction of sp³-hybridized carbons (Fsp3) is 0.105. The summed E-state index contributed by atoms with van der Waals surface area (Å²) in [6.45, 7) is 1.78. The number of nitrogens with zero attached hydrogens (tertiary/aromatic N) is 2. The van der Waals surface area contributed by atoms with Crippen LogP contribution in [0.2, 0.25) is 10.0 Å². The largest absolute Gasteiger partial charge is 0.456 e. The number of nitrogens with one attached hydrogen (secondary N) is 1. The summed E-state index contributed by atoms with van der Waals surface area (Å²) in [5.74, 6) is 0.427. The van der Waals surface area contributed by atoms with Crippen molar-refractivity contribution < 1.29 is 14.0 Å². The summed E-state index contributed by atoms with van der Waals surface area (Å²) in [7, 11) is 0. The average molecular weight is 404 g/mol. The number of aromatic nitrogens is 2. The van der Waals surface area contributed by atoms with Crippen LogP contribution >= 0.6 is 23.2 Å². The fourth-order valence-corrected chi connectivity index (χ4v) is 2.70. The van der Waals surface area contributed by atoms with Crippen molar-refractivity contribution in [2.24, 2.45) is 0 Å². The number of hydrogen-bond donors (Lipinski definition) is 1. The fourth-order valence-electron chi connectivity index (χ4n) is 2.32. The van der Waals surface area contributed by atoms with Gasteiger partial charge in [0.2, 0.25) is 5.91 Å². The molecule has 3 aromatic rings. The van der Waals surface area contributed by atoms with Crippen molar-refractivity contribution in [3.05, 3.63) is 75.9 Å². The van der Waals surface area contributed by atoms with Gasteiger partial charge in [-0.25, -0.2) is 0 Å². The summed E-state index contributed by atoms with van der Waals surface area (Å²) in [5, 5.41) is 7.67. The highest BCUT2D eigenvalue weighted by molar-refractivity contribution is 6.42. The first-order valence-corrected chi connectivity index (χ1v) is 8.73. The van der Waals surface area contributed by atoms with Crippen LogP contribution in [-0.4, -0.2) is 21.5 Å². The maximum absolute atomic E-state index is 12.1. The highest BCUT2D eigenvalue weighted by Crippen LogP contribution is 2.26. The molecule has 0 aliphatic rings. The van der Waals surface area contributed by atoms with Gasteiger partial charge in [0.25, 0.3) is 0 Å². The Balaban J connectivity index is 1.61. The third-order valence-electron chi connectivity index (χ3n) is 3.62. The van der Waals surface area contributed by atoms with Gasteiger partial charge in [-0.1, -0.05) is 35.3 Å². The first-order chi connectivity index (χ1) is 12.9. The van der Waals surface area contributed by atoms with Crippen LogP contribution in [0.1, 0.15) is 28.8 Å². The Kier molecular flexibility index (Phi) is 5.78. The Bertz CT molecular complexity index is 1020. The minimum Gasteiger partial charge on any atom is -0.456 e. The van der Waals surface area contributed by atoms with Gasteiger partial charge in [0, 0.05) is 19.2 Å². The number of rotatable bonds is 6. The van der Waals surface area contributed by atoms with E-state index in [0.29, 0.717) is 39.4 Å². The first kappa shape index (κ1) is 18.9. The molecule has 2 heterocycles. The van der Waals surface area contributed by atoms with Crippen LogP contribution in [-0.2, 0) is 11.3 Å². The number of carbonyl (C=O) groups is 2. The topological polar surface area (TPSA) is 77.1 Å². The second-order valence-corrected chi connectivity index (χ2v) is 6.50. The average Bonchev–Trinajstić information content (AvgIpc) is 3.26. The minimum absolute atomic E-state index is 0.138. The zero-order valence-corrected chi connectivity index (χ0v) is 15.8. The summed E-state index contributed by atoms with van der Waals surface area (Å²) < 4.78 is 7.01. The molecule has 1 N–H and O–H groups in total. The predicted molar refractivity (Wildman–Crippen MR) is 104 cm³/mol. The van der Waals surface area contributed by atoms with E-state index in [1.165, 1.54) is 19.2 Å². The molecular weight excluding hydrogens is 389 g/mol. The van der Waals surface area contributed by atoms with Crippen molar-refractivity contribution in [3.63, 3.8) is 0 Å². The minimum atomic E-state index is -0.331. The third kappa shape index (κ3) is 4.87. The Hall–Kier alpha value is -2.83.